The number of hydrogen-bond acceptors (Lipinski definition) is 6. The van der Waals surface area contributed by atoms with Crippen LogP contribution in [0.3, 0.4) is 0 Å². The van der Waals surface area contributed by atoms with E-state index in [-0.39, 0.29) is 11.7 Å². The van der Waals surface area contributed by atoms with Gasteiger partial charge >= 0.3 is 0 Å². The zero-order valence-electron chi connectivity index (χ0n) is 20.8. The highest BCUT2D eigenvalue weighted by atomic mass is 32.2. The van der Waals surface area contributed by atoms with Gasteiger partial charge in [0.25, 0.3) is 0 Å². The molecule has 0 saturated carbocycles. The number of thioether (sulfide) groups is 1. The molecule has 8 heteroatoms. The molecule has 0 radical (unpaired) electrons. The first-order valence-electron chi connectivity index (χ1n) is 12.1. The van der Waals surface area contributed by atoms with Gasteiger partial charge in [0.05, 0.1) is 12.4 Å². The van der Waals surface area contributed by atoms with Gasteiger partial charge in [0, 0.05) is 35.7 Å². The minimum atomic E-state index is -0.0990. The maximum Gasteiger partial charge on any atom is 0.234 e. The van der Waals surface area contributed by atoms with Crippen LogP contribution in [0.1, 0.15) is 20.8 Å². The van der Waals surface area contributed by atoms with Crippen molar-refractivity contribution in [1.29, 1.82) is 0 Å². The summed E-state index contributed by atoms with van der Waals surface area (Å²) in [5.41, 5.74) is 3.76. The Kier molecular flexibility index (Phi) is 8.62. The molecule has 0 aliphatic carbocycles. The Balaban J connectivity index is 1.51. The van der Waals surface area contributed by atoms with Gasteiger partial charge in [0.15, 0.2) is 11.0 Å². The van der Waals surface area contributed by atoms with E-state index >= 15 is 0 Å². The molecule has 186 valence electrons. The van der Waals surface area contributed by atoms with Gasteiger partial charge in [0.2, 0.25) is 5.91 Å². The van der Waals surface area contributed by atoms with Crippen LogP contribution in [0, 0.1) is 0 Å². The lowest BCUT2D eigenvalue weighted by Gasteiger charge is -2.21. The van der Waals surface area contributed by atoms with Crippen molar-refractivity contribution in [3.05, 3.63) is 78.9 Å². The number of nitrogens with one attached hydrogen (secondary N) is 1. The van der Waals surface area contributed by atoms with Crippen LogP contribution in [0.5, 0.6) is 5.75 Å². The Morgan fingerprint density at radius 2 is 1.61 bits per heavy atom. The average Bonchev–Trinajstić information content (AvgIpc) is 3.34. The fraction of sp³-hybridized carbons (Fsp3) is 0.250. The highest BCUT2D eigenvalue weighted by molar-refractivity contribution is 7.99. The van der Waals surface area contributed by atoms with Crippen molar-refractivity contribution in [2.45, 2.75) is 25.9 Å². The first-order chi connectivity index (χ1) is 17.6. The molecule has 1 aromatic heterocycles. The van der Waals surface area contributed by atoms with Crippen molar-refractivity contribution in [3.8, 4) is 22.8 Å². The van der Waals surface area contributed by atoms with E-state index in [0.717, 1.165) is 47.3 Å². The molecule has 1 amide bonds. The smallest absolute Gasteiger partial charge is 0.234 e. The zero-order valence-corrected chi connectivity index (χ0v) is 21.7. The van der Waals surface area contributed by atoms with E-state index in [1.807, 2.05) is 90.4 Å². The lowest BCUT2D eigenvalue weighted by molar-refractivity contribution is -0.113. The molecular weight excluding hydrogens is 470 g/mol. The molecule has 0 fully saturated rings. The summed E-state index contributed by atoms with van der Waals surface area (Å²) in [5.74, 6) is 1.63. The van der Waals surface area contributed by atoms with E-state index in [1.54, 1.807) is 0 Å². The van der Waals surface area contributed by atoms with E-state index in [4.69, 9.17) is 4.74 Å². The summed E-state index contributed by atoms with van der Waals surface area (Å²) in [4.78, 5) is 15.0. The summed E-state index contributed by atoms with van der Waals surface area (Å²) >= 11 is 1.35. The third kappa shape index (κ3) is 6.07. The number of carbonyl (C=O) groups is 1. The summed E-state index contributed by atoms with van der Waals surface area (Å²) in [6.45, 7) is 8.71. The van der Waals surface area contributed by atoms with Gasteiger partial charge in [0.1, 0.15) is 5.75 Å². The lowest BCUT2D eigenvalue weighted by Crippen LogP contribution is -2.21. The quantitative estimate of drug-likeness (QED) is 0.258. The monoisotopic (exact) mass is 501 g/mol. The minimum absolute atomic E-state index is 0.0990. The van der Waals surface area contributed by atoms with Crippen LogP contribution in [-0.4, -0.2) is 46.1 Å². The number of amides is 1. The number of benzene rings is 3. The first kappa shape index (κ1) is 25.3. The van der Waals surface area contributed by atoms with Crippen LogP contribution in [0.15, 0.2) is 84.0 Å². The average molecular weight is 502 g/mol. The van der Waals surface area contributed by atoms with Crippen molar-refractivity contribution in [1.82, 2.24) is 14.8 Å². The topological polar surface area (TPSA) is 72.3 Å². The van der Waals surface area contributed by atoms with Crippen molar-refractivity contribution in [2.24, 2.45) is 0 Å². The van der Waals surface area contributed by atoms with Gasteiger partial charge in [-0.15, -0.1) is 10.2 Å². The number of hydrogen-bond donors (Lipinski definition) is 1. The van der Waals surface area contributed by atoms with Gasteiger partial charge in [-0.2, -0.15) is 0 Å². The van der Waals surface area contributed by atoms with Crippen LogP contribution in [0.4, 0.5) is 11.4 Å². The molecule has 0 saturated heterocycles. The first-order valence-corrected chi connectivity index (χ1v) is 13.1. The molecule has 4 rings (SSSR count). The number of rotatable bonds is 11. The second-order valence-electron chi connectivity index (χ2n) is 7.99. The van der Waals surface area contributed by atoms with E-state index < -0.39 is 0 Å². The Morgan fingerprint density at radius 3 is 2.25 bits per heavy atom. The Bertz CT molecular complexity index is 1250. The normalized spacial score (nSPS) is 10.8. The third-order valence-electron chi connectivity index (χ3n) is 5.68. The molecule has 0 aliphatic rings. The summed E-state index contributed by atoms with van der Waals surface area (Å²) in [5, 5.41) is 12.5. The molecule has 0 atom stereocenters. The fourth-order valence-electron chi connectivity index (χ4n) is 3.90. The molecule has 1 heterocycles. The fourth-order valence-corrected chi connectivity index (χ4v) is 4.65. The van der Waals surface area contributed by atoms with Crippen LogP contribution >= 0.6 is 11.8 Å². The second kappa shape index (κ2) is 12.3. The molecule has 3 aromatic carbocycles. The molecule has 0 aliphatic heterocycles. The van der Waals surface area contributed by atoms with E-state index in [9.17, 15) is 4.79 Å². The van der Waals surface area contributed by atoms with Crippen molar-refractivity contribution < 1.29 is 9.53 Å². The summed E-state index contributed by atoms with van der Waals surface area (Å²) < 4.78 is 7.56. The largest absolute Gasteiger partial charge is 0.494 e. The Labute approximate surface area is 216 Å². The van der Waals surface area contributed by atoms with E-state index in [0.29, 0.717) is 11.8 Å². The lowest BCUT2D eigenvalue weighted by atomic mass is 10.2. The van der Waals surface area contributed by atoms with Gasteiger partial charge in [-0.05, 0) is 69.3 Å². The third-order valence-corrected chi connectivity index (χ3v) is 6.61. The molecule has 4 aromatic rings. The van der Waals surface area contributed by atoms with Crippen LogP contribution in [-0.2, 0) is 4.79 Å². The minimum Gasteiger partial charge on any atom is -0.494 e. The standard InChI is InChI=1S/C28H31N5O2S/c1-4-32(5-2)23-14-12-22(13-15-23)29-26(34)20-36-28-31-30-27(21-10-8-7-9-11-21)33(28)24-16-18-25(19-17-24)35-6-3/h7-19H,4-6,20H2,1-3H3,(H,29,34). The van der Waals surface area contributed by atoms with Crippen LogP contribution in [0.25, 0.3) is 17.1 Å². The van der Waals surface area contributed by atoms with E-state index in [1.165, 1.54) is 11.8 Å². The molecule has 0 spiro atoms. The number of nitrogens with zero attached hydrogens (tertiary/aromatic N) is 4. The predicted octanol–water partition coefficient (Wildman–Crippen LogP) is 5.91. The molecule has 0 bridgehead atoms. The number of aromatic nitrogens is 3. The highest BCUT2D eigenvalue weighted by Gasteiger charge is 2.17. The van der Waals surface area contributed by atoms with Gasteiger partial charge in [-0.3, -0.25) is 9.36 Å². The summed E-state index contributed by atoms with van der Waals surface area (Å²) in [6.07, 6.45) is 0. The number of ether oxygens (including phenoxy) is 1. The van der Waals surface area contributed by atoms with Gasteiger partial charge < -0.3 is 15.0 Å². The predicted molar refractivity (Wildman–Crippen MR) is 147 cm³/mol. The second-order valence-corrected chi connectivity index (χ2v) is 8.93. The highest BCUT2D eigenvalue weighted by Crippen LogP contribution is 2.29. The van der Waals surface area contributed by atoms with Crippen molar-refractivity contribution >= 4 is 29.0 Å². The van der Waals surface area contributed by atoms with Crippen molar-refractivity contribution in [2.75, 3.05) is 35.7 Å². The van der Waals surface area contributed by atoms with Gasteiger partial charge in [-0.25, -0.2) is 0 Å². The van der Waals surface area contributed by atoms with Crippen LogP contribution in [0.2, 0.25) is 0 Å². The van der Waals surface area contributed by atoms with Gasteiger partial charge in [-0.1, -0.05) is 42.1 Å². The van der Waals surface area contributed by atoms with E-state index in [2.05, 4.69) is 34.3 Å². The van der Waals surface area contributed by atoms with Crippen molar-refractivity contribution in [3.63, 3.8) is 0 Å². The SMILES string of the molecule is CCOc1ccc(-n2c(SCC(=O)Nc3ccc(N(CC)CC)cc3)nnc2-c2ccccc2)cc1. The number of anilines is 2. The summed E-state index contributed by atoms with van der Waals surface area (Å²) in [7, 11) is 0. The zero-order chi connectivity index (χ0) is 25.3. The molecular formula is C28H31N5O2S. The maximum absolute atomic E-state index is 12.7. The Hall–Kier alpha value is -3.78. The molecule has 7 nitrogen and oxygen atoms in total. The molecule has 1 N–H and O–H groups in total. The maximum atomic E-state index is 12.7. The molecule has 36 heavy (non-hydrogen) atoms. The number of carbonyl (C=O) groups excluding carboxylic acids is 1. The Morgan fingerprint density at radius 1 is 0.917 bits per heavy atom. The summed E-state index contributed by atoms with van der Waals surface area (Å²) in [6, 6.07) is 25.6. The molecule has 0 unspecified atom stereocenters. The van der Waals surface area contributed by atoms with Crippen LogP contribution < -0.4 is 15.0 Å².